The van der Waals surface area contributed by atoms with Crippen molar-refractivity contribution in [3.05, 3.63) is 47.5 Å². The second-order valence-corrected chi connectivity index (χ2v) is 8.67. The fourth-order valence-corrected chi connectivity index (χ4v) is 4.66. The van der Waals surface area contributed by atoms with Gasteiger partial charge >= 0.3 is 0 Å². The lowest BCUT2D eigenvalue weighted by atomic mass is 10.1. The molecule has 32 heavy (non-hydrogen) atoms. The van der Waals surface area contributed by atoms with Gasteiger partial charge in [0.15, 0.2) is 5.78 Å². The summed E-state index contributed by atoms with van der Waals surface area (Å²) in [4.78, 5) is 16.1. The predicted molar refractivity (Wildman–Crippen MR) is 119 cm³/mol. The molecule has 2 N–H and O–H groups in total. The summed E-state index contributed by atoms with van der Waals surface area (Å²) in [6.07, 6.45) is 0. The molecule has 0 saturated carbocycles. The molecule has 1 aliphatic carbocycles. The minimum atomic E-state index is 0.0449. The fraction of sp³-hybridized carbons (Fsp3) is 0.480. The summed E-state index contributed by atoms with van der Waals surface area (Å²) in [6, 6.07) is 11.7. The van der Waals surface area contributed by atoms with E-state index in [9.17, 15) is 4.79 Å². The number of carbonyl (C=O) groups is 1. The quantitative estimate of drug-likeness (QED) is 0.494. The highest BCUT2D eigenvalue weighted by Crippen LogP contribution is 2.39. The topological polar surface area (TPSA) is 62.9 Å². The number of rotatable bonds is 8. The minimum Gasteiger partial charge on any atom is -0.488 e. The molecule has 2 aliphatic heterocycles. The van der Waals surface area contributed by atoms with Crippen molar-refractivity contribution in [1.82, 2.24) is 0 Å². The van der Waals surface area contributed by atoms with Crippen LogP contribution in [-0.4, -0.2) is 84.7 Å². The number of fused-ring (bicyclic) bond motifs is 3. The van der Waals surface area contributed by atoms with E-state index < -0.39 is 0 Å². The Kier molecular flexibility index (Phi) is 6.69. The largest absolute Gasteiger partial charge is 0.488 e. The van der Waals surface area contributed by atoms with Gasteiger partial charge in [0.05, 0.1) is 26.4 Å². The SMILES string of the molecule is O=C1c2cc(OCC[NH+]3CCOCC3)ccc2-c2ccc(OCC[NH+]3CCOCC3)cc21. The van der Waals surface area contributed by atoms with Crippen LogP contribution in [0.15, 0.2) is 36.4 Å². The van der Waals surface area contributed by atoms with E-state index in [1.165, 1.54) is 9.80 Å². The molecular weight excluding hydrogens is 408 g/mol. The Morgan fingerprint density at radius 1 is 0.656 bits per heavy atom. The predicted octanol–water partition coefficient (Wildman–Crippen LogP) is -0.514. The zero-order valence-electron chi connectivity index (χ0n) is 18.5. The summed E-state index contributed by atoms with van der Waals surface area (Å²) in [5.74, 6) is 1.55. The lowest BCUT2D eigenvalue weighted by Crippen LogP contribution is -3.14. The van der Waals surface area contributed by atoms with Crippen molar-refractivity contribution in [2.45, 2.75) is 0 Å². The summed E-state index contributed by atoms with van der Waals surface area (Å²) in [6.45, 7) is 10.6. The monoisotopic (exact) mass is 440 g/mol. The van der Waals surface area contributed by atoms with Crippen LogP contribution in [0.2, 0.25) is 0 Å². The van der Waals surface area contributed by atoms with Crippen molar-refractivity contribution in [2.24, 2.45) is 0 Å². The molecule has 2 saturated heterocycles. The maximum absolute atomic E-state index is 13.1. The number of benzene rings is 2. The first-order valence-corrected chi connectivity index (χ1v) is 11.7. The maximum Gasteiger partial charge on any atom is 0.194 e. The number of ether oxygens (including phenoxy) is 4. The fourth-order valence-electron chi connectivity index (χ4n) is 4.66. The van der Waals surface area contributed by atoms with Crippen LogP contribution in [0, 0.1) is 0 Å². The average Bonchev–Trinajstić information content (AvgIpc) is 3.11. The molecule has 2 aromatic rings. The maximum atomic E-state index is 13.1. The van der Waals surface area contributed by atoms with Crippen molar-refractivity contribution in [2.75, 3.05) is 78.9 Å². The summed E-state index contributed by atoms with van der Waals surface area (Å²) in [5, 5.41) is 0. The van der Waals surface area contributed by atoms with Gasteiger partial charge in [0.25, 0.3) is 0 Å². The average molecular weight is 441 g/mol. The van der Waals surface area contributed by atoms with Gasteiger partial charge in [-0.1, -0.05) is 0 Å². The summed E-state index contributed by atoms with van der Waals surface area (Å²) in [5.41, 5.74) is 3.37. The lowest BCUT2D eigenvalue weighted by molar-refractivity contribution is -0.908. The number of hydrogen-bond donors (Lipinski definition) is 2. The summed E-state index contributed by atoms with van der Waals surface area (Å²) < 4.78 is 22.7. The molecule has 0 atom stereocenters. The van der Waals surface area contributed by atoms with Crippen LogP contribution in [0.1, 0.15) is 15.9 Å². The smallest absolute Gasteiger partial charge is 0.194 e. The lowest BCUT2D eigenvalue weighted by Gasteiger charge is -2.23. The van der Waals surface area contributed by atoms with Crippen LogP contribution in [0.3, 0.4) is 0 Å². The zero-order valence-corrected chi connectivity index (χ0v) is 18.5. The first-order valence-electron chi connectivity index (χ1n) is 11.7. The van der Waals surface area contributed by atoms with E-state index in [0.717, 1.165) is 88.3 Å². The zero-order chi connectivity index (χ0) is 21.8. The van der Waals surface area contributed by atoms with Crippen LogP contribution in [0.5, 0.6) is 11.5 Å². The standard InChI is InChI=1S/C25H30N2O5/c28-25-23-17-19(31-15-9-26-5-11-29-12-6-26)1-3-21(23)22-4-2-20(18-24(22)25)32-16-10-27-7-13-30-14-8-27/h1-4,17-18H,5-16H2/p+2. The molecule has 0 bridgehead atoms. The highest BCUT2D eigenvalue weighted by Gasteiger charge is 2.28. The Morgan fingerprint density at radius 2 is 1.09 bits per heavy atom. The molecule has 0 spiro atoms. The Labute approximate surface area is 188 Å². The Hall–Kier alpha value is -2.45. The number of nitrogens with one attached hydrogen (secondary N) is 2. The molecule has 2 aromatic carbocycles. The number of quaternary nitrogens is 2. The normalized spacial score (nSPS) is 18.9. The number of hydrogen-bond acceptors (Lipinski definition) is 5. The molecule has 3 aliphatic rings. The molecule has 2 heterocycles. The van der Waals surface area contributed by atoms with E-state index >= 15 is 0 Å². The molecular formula is C25H32N2O5+2. The third-order valence-corrected chi connectivity index (χ3v) is 6.61. The summed E-state index contributed by atoms with van der Waals surface area (Å²) in [7, 11) is 0. The first-order chi connectivity index (χ1) is 15.8. The van der Waals surface area contributed by atoms with Gasteiger partial charge in [-0.15, -0.1) is 0 Å². The van der Waals surface area contributed by atoms with Crippen LogP contribution >= 0.6 is 0 Å². The van der Waals surface area contributed by atoms with Gasteiger partial charge in [-0.2, -0.15) is 0 Å². The second-order valence-electron chi connectivity index (χ2n) is 8.67. The van der Waals surface area contributed by atoms with Crippen LogP contribution in [0.25, 0.3) is 11.1 Å². The van der Waals surface area contributed by atoms with E-state index in [2.05, 4.69) is 0 Å². The molecule has 7 nitrogen and oxygen atoms in total. The molecule has 0 aromatic heterocycles. The van der Waals surface area contributed by atoms with Gasteiger partial charge in [-0.3, -0.25) is 4.79 Å². The highest BCUT2D eigenvalue weighted by atomic mass is 16.5. The van der Waals surface area contributed by atoms with Crippen molar-refractivity contribution in [3.8, 4) is 22.6 Å². The van der Waals surface area contributed by atoms with Crippen LogP contribution in [-0.2, 0) is 9.47 Å². The molecule has 0 unspecified atom stereocenters. The van der Waals surface area contributed by atoms with Gasteiger partial charge in [-0.05, 0) is 47.5 Å². The molecule has 7 heteroatoms. The minimum absolute atomic E-state index is 0.0449. The third kappa shape index (κ3) is 4.81. The van der Waals surface area contributed by atoms with Crippen LogP contribution in [0.4, 0.5) is 0 Å². The number of carbonyl (C=O) groups excluding carboxylic acids is 1. The van der Waals surface area contributed by atoms with E-state index in [1.807, 2.05) is 36.4 Å². The van der Waals surface area contributed by atoms with Crippen molar-refractivity contribution in [1.29, 1.82) is 0 Å². The van der Waals surface area contributed by atoms with Crippen molar-refractivity contribution < 1.29 is 33.5 Å². The van der Waals surface area contributed by atoms with E-state index in [0.29, 0.717) is 24.3 Å². The van der Waals surface area contributed by atoms with Gasteiger partial charge in [0, 0.05) is 11.1 Å². The number of morpholine rings is 2. The van der Waals surface area contributed by atoms with Crippen LogP contribution < -0.4 is 19.3 Å². The molecule has 0 radical (unpaired) electrons. The van der Waals surface area contributed by atoms with E-state index in [4.69, 9.17) is 18.9 Å². The van der Waals surface area contributed by atoms with Gasteiger partial charge < -0.3 is 28.7 Å². The Bertz CT molecular complexity index is 876. The third-order valence-electron chi connectivity index (χ3n) is 6.61. The Balaban J connectivity index is 1.19. The van der Waals surface area contributed by atoms with Gasteiger partial charge in [0.1, 0.15) is 64.0 Å². The second kappa shape index (κ2) is 10.0. The molecule has 2 fully saturated rings. The Morgan fingerprint density at radius 3 is 1.53 bits per heavy atom. The summed E-state index contributed by atoms with van der Waals surface area (Å²) >= 11 is 0. The molecule has 5 rings (SSSR count). The van der Waals surface area contributed by atoms with E-state index in [-0.39, 0.29) is 5.78 Å². The highest BCUT2D eigenvalue weighted by molar-refractivity contribution is 6.22. The van der Waals surface area contributed by atoms with Crippen molar-refractivity contribution >= 4 is 5.78 Å². The first kappa shape index (κ1) is 21.4. The van der Waals surface area contributed by atoms with Crippen molar-refractivity contribution in [3.63, 3.8) is 0 Å². The van der Waals surface area contributed by atoms with E-state index in [1.54, 1.807) is 0 Å². The van der Waals surface area contributed by atoms with Gasteiger partial charge in [-0.25, -0.2) is 0 Å². The number of ketones is 1. The molecule has 0 amide bonds. The van der Waals surface area contributed by atoms with Gasteiger partial charge in [0.2, 0.25) is 0 Å². The molecule has 170 valence electrons.